The van der Waals surface area contributed by atoms with Crippen LogP contribution in [0, 0.1) is 0 Å². The van der Waals surface area contributed by atoms with Gasteiger partial charge in [0.1, 0.15) is 0 Å². The highest BCUT2D eigenvalue weighted by Crippen LogP contribution is 2.20. The molecule has 1 amide bonds. The molecule has 522 valence electrons. The van der Waals surface area contributed by atoms with Crippen LogP contribution < -0.4 is 5.32 Å². The molecule has 3 N–H and O–H groups in total. The van der Waals surface area contributed by atoms with Gasteiger partial charge in [-0.25, -0.2) is 0 Å². The Balaban J connectivity index is 3.37. The summed E-state index contributed by atoms with van der Waals surface area (Å²) in [4.78, 5) is 24.7. The number of ether oxygens (including phenoxy) is 1. The second-order valence-electron chi connectivity index (χ2n) is 28.1. The lowest BCUT2D eigenvalue weighted by atomic mass is 10.0. The van der Waals surface area contributed by atoms with Crippen molar-refractivity contribution in [3.8, 4) is 0 Å². The maximum atomic E-state index is 12.6. The van der Waals surface area contributed by atoms with E-state index in [9.17, 15) is 19.8 Å². The van der Waals surface area contributed by atoms with Gasteiger partial charge in [-0.3, -0.25) is 9.59 Å². The van der Waals surface area contributed by atoms with Gasteiger partial charge in [0.05, 0.1) is 25.4 Å². The average Bonchev–Trinajstić information content (AvgIpc) is 3.58. The van der Waals surface area contributed by atoms with Crippen LogP contribution in [0.4, 0.5) is 0 Å². The lowest BCUT2D eigenvalue weighted by Gasteiger charge is -2.20. The third-order valence-corrected chi connectivity index (χ3v) is 19.2. The predicted octanol–water partition coefficient (Wildman–Crippen LogP) is 26.8. The zero-order valence-electron chi connectivity index (χ0n) is 60.0. The summed E-state index contributed by atoms with van der Waals surface area (Å²) in [7, 11) is 0. The number of allylic oxidation sites excluding steroid dienone is 3. The summed E-state index contributed by atoms with van der Waals surface area (Å²) in [6, 6.07) is -0.627. The molecule has 0 heterocycles. The largest absolute Gasteiger partial charge is 0.466 e. The van der Waals surface area contributed by atoms with Gasteiger partial charge in [0.2, 0.25) is 5.91 Å². The first-order valence-corrected chi connectivity index (χ1v) is 40.6. The highest BCUT2D eigenvalue weighted by atomic mass is 16.5. The third-order valence-electron chi connectivity index (χ3n) is 19.2. The Hall–Kier alpha value is -1.66. The fraction of sp³-hybridized carbons (Fsp3) is 0.927. The molecular formula is C82H159NO5. The maximum absolute atomic E-state index is 12.6. The predicted molar refractivity (Wildman–Crippen MR) is 389 cm³/mol. The first-order valence-electron chi connectivity index (χ1n) is 40.6. The van der Waals surface area contributed by atoms with Crippen LogP contribution in [0.3, 0.4) is 0 Å². The molecule has 2 atom stereocenters. The second-order valence-corrected chi connectivity index (χ2v) is 28.1. The molecule has 0 aromatic rings. The van der Waals surface area contributed by atoms with Crippen molar-refractivity contribution in [1.29, 1.82) is 0 Å². The zero-order valence-corrected chi connectivity index (χ0v) is 60.0. The number of hydrogen-bond acceptors (Lipinski definition) is 5. The van der Waals surface area contributed by atoms with E-state index in [1.165, 1.54) is 398 Å². The molecule has 0 aromatic carbocycles. The van der Waals surface area contributed by atoms with Crippen molar-refractivity contribution in [3.05, 3.63) is 24.3 Å². The Kier molecular flexibility index (Phi) is 76.3. The minimum absolute atomic E-state index is 0.0225. The molecule has 0 radical (unpaired) electrons. The van der Waals surface area contributed by atoms with E-state index < -0.39 is 12.1 Å². The van der Waals surface area contributed by atoms with Gasteiger partial charge in [0, 0.05) is 12.8 Å². The van der Waals surface area contributed by atoms with Crippen LogP contribution in [0.25, 0.3) is 0 Å². The Bertz CT molecular complexity index is 1380. The number of hydrogen-bond donors (Lipinski definition) is 3. The van der Waals surface area contributed by atoms with E-state index in [0.717, 1.165) is 38.5 Å². The van der Waals surface area contributed by atoms with Crippen LogP contribution in [0.15, 0.2) is 24.3 Å². The van der Waals surface area contributed by atoms with E-state index in [1.807, 2.05) is 6.08 Å². The van der Waals surface area contributed by atoms with Gasteiger partial charge in [-0.05, 0) is 57.8 Å². The number of carbonyl (C=O) groups is 2. The van der Waals surface area contributed by atoms with Gasteiger partial charge in [0.15, 0.2) is 0 Å². The molecule has 0 spiro atoms. The topological polar surface area (TPSA) is 95.9 Å². The molecule has 0 fully saturated rings. The number of carbonyl (C=O) groups excluding carboxylic acids is 2. The standard InChI is InChI=1S/C82H159NO5/c1-3-5-7-9-11-13-15-17-19-21-22-23-34-37-40-43-46-50-54-58-62-66-70-74-80(85)79(78-84)83-81(86)75-71-67-63-59-55-51-47-44-41-38-35-32-30-28-26-24-25-27-29-31-33-36-39-42-45-49-53-57-61-65-69-73-77-88-82(87)76-72-68-64-60-56-52-48-20-18-16-14-12-10-8-6-4-2/h27,29,70,74,79-80,84-85H,3-26,28,30-69,71-73,75-78H2,1-2H3,(H,83,86)/b29-27-,74-70+. The molecule has 6 heteroatoms. The van der Waals surface area contributed by atoms with Crippen LogP contribution in [0.1, 0.15) is 463 Å². The number of amides is 1. The first kappa shape index (κ1) is 86.3. The van der Waals surface area contributed by atoms with Crippen molar-refractivity contribution in [1.82, 2.24) is 5.32 Å². The van der Waals surface area contributed by atoms with Gasteiger partial charge < -0.3 is 20.3 Å². The smallest absolute Gasteiger partial charge is 0.305 e. The van der Waals surface area contributed by atoms with E-state index in [2.05, 4.69) is 31.3 Å². The van der Waals surface area contributed by atoms with Crippen LogP contribution >= 0.6 is 0 Å². The van der Waals surface area contributed by atoms with Crippen LogP contribution in [-0.4, -0.2) is 47.4 Å². The van der Waals surface area contributed by atoms with Crippen molar-refractivity contribution in [3.63, 3.8) is 0 Å². The lowest BCUT2D eigenvalue weighted by molar-refractivity contribution is -0.143. The molecule has 0 saturated heterocycles. The van der Waals surface area contributed by atoms with Gasteiger partial charge in [-0.1, -0.05) is 417 Å². The molecule has 2 unspecified atom stereocenters. The normalized spacial score (nSPS) is 12.5. The molecule has 0 bridgehead atoms. The zero-order chi connectivity index (χ0) is 63.5. The summed E-state index contributed by atoms with van der Waals surface area (Å²) in [6.07, 6.45) is 100. The molecule has 88 heavy (non-hydrogen) atoms. The number of unbranched alkanes of at least 4 members (excludes halogenated alkanes) is 64. The van der Waals surface area contributed by atoms with Crippen LogP contribution in [0.5, 0.6) is 0 Å². The van der Waals surface area contributed by atoms with Crippen LogP contribution in [-0.2, 0) is 14.3 Å². The van der Waals surface area contributed by atoms with Crippen molar-refractivity contribution in [2.24, 2.45) is 0 Å². The molecular weight excluding hydrogens is 1080 g/mol. The maximum Gasteiger partial charge on any atom is 0.305 e. The van der Waals surface area contributed by atoms with Gasteiger partial charge in [-0.2, -0.15) is 0 Å². The molecule has 0 aliphatic rings. The Labute approximate surface area is 551 Å². The van der Waals surface area contributed by atoms with E-state index in [-0.39, 0.29) is 18.5 Å². The minimum Gasteiger partial charge on any atom is -0.466 e. The van der Waals surface area contributed by atoms with Crippen LogP contribution in [0.2, 0.25) is 0 Å². The quantitative estimate of drug-likeness (QED) is 0.0320. The number of nitrogens with one attached hydrogen (secondary N) is 1. The lowest BCUT2D eigenvalue weighted by Crippen LogP contribution is -2.45. The summed E-state index contributed by atoms with van der Waals surface area (Å²) in [5.74, 6) is -0.0375. The summed E-state index contributed by atoms with van der Waals surface area (Å²) >= 11 is 0. The van der Waals surface area contributed by atoms with Gasteiger partial charge in [-0.15, -0.1) is 0 Å². The average molecular weight is 1240 g/mol. The Morgan fingerprint density at radius 2 is 0.534 bits per heavy atom. The highest BCUT2D eigenvalue weighted by molar-refractivity contribution is 5.76. The fourth-order valence-corrected chi connectivity index (χ4v) is 13.0. The Morgan fingerprint density at radius 3 is 0.807 bits per heavy atom. The van der Waals surface area contributed by atoms with E-state index >= 15 is 0 Å². The minimum atomic E-state index is -0.844. The third kappa shape index (κ3) is 73.4. The fourth-order valence-electron chi connectivity index (χ4n) is 13.0. The van der Waals surface area contributed by atoms with E-state index in [1.54, 1.807) is 6.08 Å². The molecule has 0 rings (SSSR count). The van der Waals surface area contributed by atoms with E-state index in [0.29, 0.717) is 19.4 Å². The number of aliphatic hydroxyl groups is 2. The number of esters is 1. The summed E-state index contributed by atoms with van der Waals surface area (Å²) in [5.41, 5.74) is 0. The van der Waals surface area contributed by atoms with Crippen molar-refractivity contribution in [2.45, 2.75) is 475 Å². The second kappa shape index (κ2) is 77.8. The molecule has 6 nitrogen and oxygen atoms in total. The molecule has 0 saturated carbocycles. The first-order chi connectivity index (χ1) is 43.5. The van der Waals surface area contributed by atoms with Crippen molar-refractivity contribution >= 4 is 11.9 Å². The van der Waals surface area contributed by atoms with Gasteiger partial charge >= 0.3 is 5.97 Å². The van der Waals surface area contributed by atoms with E-state index in [4.69, 9.17) is 4.74 Å². The summed E-state index contributed by atoms with van der Waals surface area (Å²) in [6.45, 7) is 4.96. The van der Waals surface area contributed by atoms with Crippen molar-refractivity contribution in [2.75, 3.05) is 13.2 Å². The monoisotopic (exact) mass is 1240 g/mol. The summed E-state index contributed by atoms with van der Waals surface area (Å²) in [5, 5.41) is 23.3. The molecule has 0 aliphatic heterocycles. The van der Waals surface area contributed by atoms with Gasteiger partial charge in [0.25, 0.3) is 0 Å². The number of aliphatic hydroxyl groups excluding tert-OH is 2. The molecule has 0 aromatic heterocycles. The van der Waals surface area contributed by atoms with Crippen molar-refractivity contribution < 1.29 is 24.5 Å². The highest BCUT2D eigenvalue weighted by Gasteiger charge is 2.18. The Morgan fingerprint density at radius 1 is 0.307 bits per heavy atom. The summed E-state index contributed by atoms with van der Waals surface area (Å²) < 4.78 is 5.51. The SMILES string of the molecule is CCCCCCCCCCCCCCCCCCCCCCC/C=C/C(O)C(CO)NC(=O)CCCCCCCCCCCCCCCCCC/C=C\CCCCCCCCCCCCCCOC(=O)CCCCCCCCCCCCCCCCCC. The number of rotatable bonds is 77. The molecule has 0 aliphatic carbocycles.